The Morgan fingerprint density at radius 3 is 2.39 bits per heavy atom. The molecule has 0 unspecified atom stereocenters. The van der Waals surface area contributed by atoms with E-state index in [0.29, 0.717) is 5.56 Å². The van der Waals surface area contributed by atoms with E-state index in [-0.39, 0.29) is 5.91 Å². The Morgan fingerprint density at radius 2 is 1.65 bits per heavy atom. The molecule has 126 valence electrons. The lowest BCUT2D eigenvalue weighted by Gasteiger charge is -2.14. The number of hydrogen-bond acceptors (Lipinski definition) is 2. The van der Waals surface area contributed by atoms with Gasteiger partial charge >= 0.3 is 0 Å². The van der Waals surface area contributed by atoms with Gasteiger partial charge in [0.25, 0.3) is 5.91 Å². The SMILES string of the molecule is O=C(NN/C1=C/CCCCCCCCCC1)c1cccc(Br)c1. The number of hydrazine groups is 1. The standard InChI is InChI=1S/C19H27BrN2O/c20-17-12-10-11-16(15-17)19(23)22-21-18-13-8-6-4-2-1-3-5-7-9-14-18/h10-13,15,21H,1-9,14H2,(H,22,23)/b18-13+. The second-order valence-corrected chi connectivity index (χ2v) is 7.10. The van der Waals surface area contributed by atoms with Crippen LogP contribution < -0.4 is 10.9 Å². The zero-order valence-corrected chi connectivity index (χ0v) is 15.3. The van der Waals surface area contributed by atoms with Crippen molar-refractivity contribution in [3.05, 3.63) is 46.1 Å². The van der Waals surface area contributed by atoms with Crippen LogP contribution >= 0.6 is 15.9 Å². The average Bonchev–Trinajstić information content (AvgIpc) is 2.54. The summed E-state index contributed by atoms with van der Waals surface area (Å²) in [6, 6.07) is 7.43. The van der Waals surface area contributed by atoms with Gasteiger partial charge in [0.2, 0.25) is 0 Å². The molecule has 0 fully saturated rings. The van der Waals surface area contributed by atoms with Gasteiger partial charge in [0.1, 0.15) is 0 Å². The predicted molar refractivity (Wildman–Crippen MR) is 99.0 cm³/mol. The fraction of sp³-hybridized carbons (Fsp3) is 0.526. The van der Waals surface area contributed by atoms with E-state index >= 15 is 0 Å². The van der Waals surface area contributed by atoms with Gasteiger partial charge < -0.3 is 5.43 Å². The van der Waals surface area contributed by atoms with Crippen molar-refractivity contribution in [2.24, 2.45) is 0 Å². The topological polar surface area (TPSA) is 41.1 Å². The summed E-state index contributed by atoms with van der Waals surface area (Å²) in [5.74, 6) is -0.0988. The lowest BCUT2D eigenvalue weighted by atomic mass is 10.0. The summed E-state index contributed by atoms with van der Waals surface area (Å²) in [7, 11) is 0. The highest BCUT2D eigenvalue weighted by atomic mass is 79.9. The molecule has 0 saturated carbocycles. The second kappa shape index (κ2) is 10.5. The normalized spacial score (nSPS) is 19.6. The zero-order chi connectivity index (χ0) is 16.3. The van der Waals surface area contributed by atoms with Crippen LogP contribution in [-0.4, -0.2) is 5.91 Å². The van der Waals surface area contributed by atoms with Crippen molar-refractivity contribution in [3.8, 4) is 0 Å². The molecule has 0 heterocycles. The van der Waals surface area contributed by atoms with E-state index in [4.69, 9.17) is 0 Å². The van der Waals surface area contributed by atoms with Crippen molar-refractivity contribution >= 4 is 21.8 Å². The van der Waals surface area contributed by atoms with Gasteiger partial charge in [0.05, 0.1) is 0 Å². The second-order valence-electron chi connectivity index (χ2n) is 6.19. The van der Waals surface area contributed by atoms with Gasteiger partial charge in [-0.15, -0.1) is 0 Å². The first-order valence-electron chi connectivity index (χ1n) is 8.76. The summed E-state index contributed by atoms with van der Waals surface area (Å²) >= 11 is 3.40. The van der Waals surface area contributed by atoms with Gasteiger partial charge in [0, 0.05) is 15.7 Å². The maximum Gasteiger partial charge on any atom is 0.269 e. The maximum absolute atomic E-state index is 12.2. The van der Waals surface area contributed by atoms with E-state index in [1.165, 1.54) is 51.4 Å². The van der Waals surface area contributed by atoms with E-state index in [0.717, 1.165) is 23.0 Å². The van der Waals surface area contributed by atoms with Gasteiger partial charge in [-0.2, -0.15) is 0 Å². The molecule has 0 atom stereocenters. The van der Waals surface area contributed by atoms with Gasteiger partial charge in [0.15, 0.2) is 0 Å². The molecule has 2 N–H and O–H groups in total. The zero-order valence-electron chi connectivity index (χ0n) is 13.7. The molecule has 1 aromatic carbocycles. The van der Waals surface area contributed by atoms with E-state index in [1.54, 1.807) is 0 Å². The average molecular weight is 379 g/mol. The smallest absolute Gasteiger partial charge is 0.269 e. The molecule has 2 rings (SSSR count). The molecule has 0 aliphatic heterocycles. The number of hydrogen-bond donors (Lipinski definition) is 2. The highest BCUT2D eigenvalue weighted by molar-refractivity contribution is 9.10. The Morgan fingerprint density at radius 1 is 0.957 bits per heavy atom. The summed E-state index contributed by atoms with van der Waals surface area (Å²) in [4.78, 5) is 12.2. The molecular weight excluding hydrogens is 352 g/mol. The van der Waals surface area contributed by atoms with Gasteiger partial charge in [-0.25, -0.2) is 0 Å². The van der Waals surface area contributed by atoms with Crippen LogP contribution in [0.2, 0.25) is 0 Å². The highest BCUT2D eigenvalue weighted by Crippen LogP contribution is 2.15. The third kappa shape index (κ3) is 7.21. The quantitative estimate of drug-likeness (QED) is 0.683. The Bertz CT molecular complexity index is 528. The van der Waals surface area contributed by atoms with E-state index in [1.807, 2.05) is 24.3 Å². The van der Waals surface area contributed by atoms with Crippen molar-refractivity contribution in [1.29, 1.82) is 0 Å². The molecule has 0 saturated heterocycles. The molecule has 1 aliphatic carbocycles. The number of halogens is 1. The third-order valence-corrected chi connectivity index (χ3v) is 4.71. The van der Waals surface area contributed by atoms with Crippen molar-refractivity contribution in [1.82, 2.24) is 10.9 Å². The van der Waals surface area contributed by atoms with Crippen LogP contribution in [0.3, 0.4) is 0 Å². The minimum absolute atomic E-state index is 0.0988. The van der Waals surface area contributed by atoms with Gasteiger partial charge in [-0.1, -0.05) is 66.6 Å². The molecule has 0 aromatic heterocycles. The summed E-state index contributed by atoms with van der Waals surface area (Å²) in [5, 5.41) is 0. The van der Waals surface area contributed by atoms with Crippen LogP contribution in [0.5, 0.6) is 0 Å². The van der Waals surface area contributed by atoms with Crippen LogP contribution in [0, 0.1) is 0 Å². The monoisotopic (exact) mass is 378 g/mol. The first-order chi connectivity index (χ1) is 11.3. The fourth-order valence-electron chi connectivity index (χ4n) is 2.85. The van der Waals surface area contributed by atoms with E-state index in [9.17, 15) is 4.79 Å². The molecule has 3 nitrogen and oxygen atoms in total. The third-order valence-electron chi connectivity index (χ3n) is 4.21. The number of amides is 1. The van der Waals surface area contributed by atoms with Crippen LogP contribution in [0.15, 0.2) is 40.5 Å². The molecule has 1 aliphatic rings. The largest absolute Gasteiger partial charge is 0.303 e. The van der Waals surface area contributed by atoms with Crippen molar-refractivity contribution in [2.45, 2.75) is 64.2 Å². The molecular formula is C19H27BrN2O. The summed E-state index contributed by atoms with van der Waals surface area (Å²) in [5.41, 5.74) is 7.77. The minimum atomic E-state index is -0.0988. The number of nitrogens with one attached hydrogen (secondary N) is 2. The number of carbonyl (C=O) groups excluding carboxylic acids is 1. The maximum atomic E-state index is 12.2. The number of allylic oxidation sites excluding steroid dienone is 2. The highest BCUT2D eigenvalue weighted by Gasteiger charge is 2.06. The Kier molecular flexibility index (Phi) is 8.23. The summed E-state index contributed by atoms with van der Waals surface area (Å²) in [6.07, 6.45) is 14.8. The fourth-order valence-corrected chi connectivity index (χ4v) is 3.25. The molecule has 23 heavy (non-hydrogen) atoms. The number of benzene rings is 1. The first kappa shape index (κ1) is 18.1. The first-order valence-corrected chi connectivity index (χ1v) is 9.56. The summed E-state index contributed by atoms with van der Waals surface area (Å²) < 4.78 is 0.912. The van der Waals surface area contributed by atoms with Crippen LogP contribution in [0.1, 0.15) is 74.6 Å². The Balaban J connectivity index is 1.86. The van der Waals surface area contributed by atoms with E-state index in [2.05, 4.69) is 32.9 Å². The number of carbonyl (C=O) groups is 1. The van der Waals surface area contributed by atoms with Gasteiger partial charge in [-0.05, 0) is 43.9 Å². The molecule has 4 heteroatoms. The molecule has 1 aromatic rings. The lowest BCUT2D eigenvalue weighted by molar-refractivity contribution is 0.0938. The molecule has 1 amide bonds. The van der Waals surface area contributed by atoms with Crippen LogP contribution in [0.4, 0.5) is 0 Å². The van der Waals surface area contributed by atoms with E-state index < -0.39 is 0 Å². The molecule has 0 bridgehead atoms. The summed E-state index contributed by atoms with van der Waals surface area (Å²) in [6.45, 7) is 0. The van der Waals surface area contributed by atoms with Crippen molar-refractivity contribution in [3.63, 3.8) is 0 Å². The molecule has 0 radical (unpaired) electrons. The Labute approximate surface area is 148 Å². The van der Waals surface area contributed by atoms with Crippen molar-refractivity contribution in [2.75, 3.05) is 0 Å². The number of rotatable bonds is 3. The van der Waals surface area contributed by atoms with Crippen LogP contribution in [-0.2, 0) is 0 Å². The van der Waals surface area contributed by atoms with Gasteiger partial charge in [-0.3, -0.25) is 10.2 Å². The molecule has 0 spiro atoms. The van der Waals surface area contributed by atoms with Crippen molar-refractivity contribution < 1.29 is 4.79 Å². The Hall–Kier alpha value is -1.29. The lowest BCUT2D eigenvalue weighted by Crippen LogP contribution is -2.36. The van der Waals surface area contributed by atoms with Crippen LogP contribution in [0.25, 0.3) is 0 Å². The minimum Gasteiger partial charge on any atom is -0.303 e. The predicted octanol–water partition coefficient (Wildman–Crippen LogP) is 5.48.